The van der Waals surface area contributed by atoms with Gasteiger partial charge < -0.3 is 22.1 Å². The van der Waals surface area contributed by atoms with Crippen molar-refractivity contribution in [3.63, 3.8) is 0 Å². The smallest absolute Gasteiger partial charge is 0.0161 e. The minimum absolute atomic E-state index is 0.0385. The topological polar surface area (TPSA) is 76.1 Å². The molecule has 0 radical (unpaired) electrons. The predicted octanol–water partition coefficient (Wildman–Crippen LogP) is 1.20. The van der Waals surface area contributed by atoms with E-state index in [9.17, 15) is 0 Å². The highest BCUT2D eigenvalue weighted by Crippen LogP contribution is 2.14. The number of rotatable bonds is 13. The molecule has 0 aliphatic heterocycles. The highest BCUT2D eigenvalue weighted by Gasteiger charge is 2.18. The second kappa shape index (κ2) is 11.9. The second-order valence-corrected chi connectivity index (χ2v) is 5.17. The van der Waals surface area contributed by atoms with Gasteiger partial charge in [0.1, 0.15) is 0 Å². The Morgan fingerprint density at radius 3 is 1.83 bits per heavy atom. The SMILES string of the molecule is CCC(N)(CC)CCNCCCCNCCCN. The van der Waals surface area contributed by atoms with Gasteiger partial charge in [-0.1, -0.05) is 13.8 Å². The van der Waals surface area contributed by atoms with E-state index in [1.165, 1.54) is 12.8 Å². The second-order valence-electron chi connectivity index (χ2n) is 5.17. The third kappa shape index (κ3) is 9.83. The molecule has 0 rings (SSSR count). The van der Waals surface area contributed by atoms with Gasteiger partial charge in [0.15, 0.2) is 0 Å². The van der Waals surface area contributed by atoms with Crippen molar-refractivity contribution >= 4 is 0 Å². The van der Waals surface area contributed by atoms with E-state index in [0.717, 1.165) is 58.4 Å². The van der Waals surface area contributed by atoms with Gasteiger partial charge >= 0.3 is 0 Å². The molecule has 0 saturated carbocycles. The fraction of sp³-hybridized carbons (Fsp3) is 1.00. The van der Waals surface area contributed by atoms with Crippen molar-refractivity contribution < 1.29 is 0 Å². The van der Waals surface area contributed by atoms with Gasteiger partial charge in [-0.05, 0) is 71.2 Å². The summed E-state index contributed by atoms with van der Waals surface area (Å²) in [7, 11) is 0. The molecule has 0 aromatic heterocycles. The molecule has 0 aliphatic carbocycles. The lowest BCUT2D eigenvalue weighted by atomic mass is 9.90. The van der Waals surface area contributed by atoms with Crippen molar-refractivity contribution in [2.24, 2.45) is 11.5 Å². The Bertz CT molecular complexity index is 169. The van der Waals surface area contributed by atoms with Crippen molar-refractivity contribution in [3.8, 4) is 0 Å². The van der Waals surface area contributed by atoms with Crippen molar-refractivity contribution in [2.75, 3.05) is 32.7 Å². The first-order valence-electron chi connectivity index (χ1n) is 7.59. The van der Waals surface area contributed by atoms with Crippen molar-refractivity contribution in [1.82, 2.24) is 10.6 Å². The summed E-state index contributed by atoms with van der Waals surface area (Å²) >= 11 is 0. The first-order chi connectivity index (χ1) is 8.68. The monoisotopic (exact) mass is 258 g/mol. The molecule has 4 heteroatoms. The summed E-state index contributed by atoms with van der Waals surface area (Å²) in [4.78, 5) is 0. The van der Waals surface area contributed by atoms with Gasteiger partial charge in [-0.3, -0.25) is 0 Å². The van der Waals surface area contributed by atoms with Crippen LogP contribution in [0.1, 0.15) is 52.4 Å². The summed E-state index contributed by atoms with van der Waals surface area (Å²) in [6.45, 7) is 9.43. The van der Waals surface area contributed by atoms with Gasteiger partial charge in [0, 0.05) is 5.54 Å². The maximum Gasteiger partial charge on any atom is 0.0161 e. The summed E-state index contributed by atoms with van der Waals surface area (Å²) in [5.41, 5.74) is 11.7. The predicted molar refractivity (Wildman–Crippen MR) is 80.8 cm³/mol. The molecule has 0 aromatic rings. The van der Waals surface area contributed by atoms with Crippen LogP contribution in [0.5, 0.6) is 0 Å². The summed E-state index contributed by atoms with van der Waals surface area (Å²) in [6.07, 6.45) is 6.74. The third-order valence-electron chi connectivity index (χ3n) is 3.72. The first kappa shape index (κ1) is 17.8. The van der Waals surface area contributed by atoms with E-state index in [0.29, 0.717) is 0 Å². The molecular weight excluding hydrogens is 224 g/mol. The molecule has 110 valence electrons. The van der Waals surface area contributed by atoms with Crippen LogP contribution in [0.15, 0.2) is 0 Å². The highest BCUT2D eigenvalue weighted by atomic mass is 14.9. The summed E-state index contributed by atoms with van der Waals surface area (Å²) < 4.78 is 0. The quantitative estimate of drug-likeness (QED) is 0.375. The van der Waals surface area contributed by atoms with Crippen LogP contribution in [0.25, 0.3) is 0 Å². The maximum absolute atomic E-state index is 6.25. The average molecular weight is 258 g/mol. The number of hydrogen-bond donors (Lipinski definition) is 4. The van der Waals surface area contributed by atoms with E-state index in [1.54, 1.807) is 0 Å². The first-order valence-corrected chi connectivity index (χ1v) is 7.59. The lowest BCUT2D eigenvalue weighted by molar-refractivity contribution is 0.358. The molecule has 0 aromatic carbocycles. The largest absolute Gasteiger partial charge is 0.330 e. The van der Waals surface area contributed by atoms with Crippen LogP contribution >= 0.6 is 0 Å². The van der Waals surface area contributed by atoms with Gasteiger partial charge in [-0.2, -0.15) is 0 Å². The average Bonchev–Trinajstić information content (AvgIpc) is 2.40. The zero-order valence-corrected chi connectivity index (χ0v) is 12.4. The minimum Gasteiger partial charge on any atom is -0.330 e. The Labute approximate surface area is 113 Å². The van der Waals surface area contributed by atoms with E-state index < -0.39 is 0 Å². The van der Waals surface area contributed by atoms with E-state index in [1.807, 2.05) is 0 Å². The zero-order chi connectivity index (χ0) is 13.7. The number of hydrogen-bond acceptors (Lipinski definition) is 4. The molecule has 0 unspecified atom stereocenters. The van der Waals surface area contributed by atoms with Gasteiger partial charge in [0.05, 0.1) is 0 Å². The Hall–Kier alpha value is -0.160. The molecular formula is C14H34N4. The van der Waals surface area contributed by atoms with E-state index in [2.05, 4.69) is 24.5 Å². The molecule has 0 fully saturated rings. The van der Waals surface area contributed by atoms with Crippen LogP contribution in [0.3, 0.4) is 0 Å². The molecule has 0 bridgehead atoms. The molecule has 0 amide bonds. The molecule has 0 heterocycles. The van der Waals surface area contributed by atoms with Crippen molar-refractivity contribution in [1.29, 1.82) is 0 Å². The minimum atomic E-state index is 0.0385. The van der Waals surface area contributed by atoms with Crippen LogP contribution in [0, 0.1) is 0 Å². The van der Waals surface area contributed by atoms with Gasteiger partial charge in [-0.15, -0.1) is 0 Å². The molecule has 0 aliphatic rings. The number of nitrogens with one attached hydrogen (secondary N) is 2. The molecule has 0 atom stereocenters. The van der Waals surface area contributed by atoms with Gasteiger partial charge in [0.2, 0.25) is 0 Å². The molecule has 4 nitrogen and oxygen atoms in total. The standard InChI is InChI=1S/C14H34N4/c1-3-14(16,4-2)8-13-18-11-6-5-10-17-12-7-9-15/h17-18H,3-13,15-16H2,1-2H3. The number of unbranched alkanes of at least 4 members (excludes halogenated alkanes) is 1. The van der Waals surface area contributed by atoms with Gasteiger partial charge in [-0.25, -0.2) is 0 Å². The van der Waals surface area contributed by atoms with Crippen LogP contribution in [-0.2, 0) is 0 Å². The van der Waals surface area contributed by atoms with Crippen LogP contribution < -0.4 is 22.1 Å². The Morgan fingerprint density at radius 2 is 1.33 bits per heavy atom. The lowest BCUT2D eigenvalue weighted by Crippen LogP contribution is -2.41. The normalized spacial score (nSPS) is 12.0. The van der Waals surface area contributed by atoms with Crippen LogP contribution in [0.2, 0.25) is 0 Å². The summed E-state index contributed by atoms with van der Waals surface area (Å²) in [5.74, 6) is 0. The number of nitrogens with two attached hydrogens (primary N) is 2. The molecule has 0 spiro atoms. The Balaban J connectivity index is 3.21. The van der Waals surface area contributed by atoms with Crippen LogP contribution in [-0.4, -0.2) is 38.3 Å². The lowest BCUT2D eigenvalue weighted by Gasteiger charge is -2.26. The van der Waals surface area contributed by atoms with Crippen molar-refractivity contribution in [2.45, 2.75) is 57.9 Å². The maximum atomic E-state index is 6.25. The van der Waals surface area contributed by atoms with E-state index in [4.69, 9.17) is 11.5 Å². The van der Waals surface area contributed by atoms with Gasteiger partial charge in [0.25, 0.3) is 0 Å². The van der Waals surface area contributed by atoms with Crippen LogP contribution in [0.4, 0.5) is 0 Å². The van der Waals surface area contributed by atoms with E-state index >= 15 is 0 Å². The Morgan fingerprint density at radius 1 is 0.833 bits per heavy atom. The fourth-order valence-corrected chi connectivity index (χ4v) is 1.92. The third-order valence-corrected chi connectivity index (χ3v) is 3.72. The zero-order valence-electron chi connectivity index (χ0n) is 12.4. The molecule has 6 N–H and O–H groups in total. The fourth-order valence-electron chi connectivity index (χ4n) is 1.92. The summed E-state index contributed by atoms with van der Waals surface area (Å²) in [5, 5.41) is 6.88. The van der Waals surface area contributed by atoms with Crippen molar-refractivity contribution in [3.05, 3.63) is 0 Å². The molecule has 0 saturated heterocycles. The highest BCUT2D eigenvalue weighted by molar-refractivity contribution is 4.81. The Kier molecular flexibility index (Phi) is 11.8. The summed E-state index contributed by atoms with van der Waals surface area (Å²) in [6, 6.07) is 0. The van der Waals surface area contributed by atoms with E-state index in [-0.39, 0.29) is 5.54 Å². The molecule has 18 heavy (non-hydrogen) atoms.